The molecule has 1 saturated heterocycles. The van der Waals surface area contributed by atoms with Gasteiger partial charge in [-0.1, -0.05) is 6.92 Å². The molecule has 0 unspecified atom stereocenters. The van der Waals surface area contributed by atoms with Crippen molar-refractivity contribution in [3.8, 4) is 0 Å². The summed E-state index contributed by atoms with van der Waals surface area (Å²) < 4.78 is 5.05. The minimum absolute atomic E-state index is 0.00432. The first kappa shape index (κ1) is 15.4. The van der Waals surface area contributed by atoms with Gasteiger partial charge in [0.25, 0.3) is 0 Å². The van der Waals surface area contributed by atoms with Gasteiger partial charge in [-0.15, -0.1) is 0 Å². The molecule has 0 aromatic heterocycles. The van der Waals surface area contributed by atoms with Gasteiger partial charge in [0.15, 0.2) is 0 Å². The van der Waals surface area contributed by atoms with Gasteiger partial charge in [-0.3, -0.25) is 4.79 Å². The van der Waals surface area contributed by atoms with E-state index >= 15 is 0 Å². The molecular weight excluding hydrogens is 230 g/mol. The van der Waals surface area contributed by atoms with Crippen molar-refractivity contribution in [1.29, 1.82) is 0 Å². The predicted molar refractivity (Wildman–Crippen MR) is 72.4 cm³/mol. The van der Waals surface area contributed by atoms with Crippen LogP contribution in [0.5, 0.6) is 0 Å². The van der Waals surface area contributed by atoms with Crippen LogP contribution < -0.4 is 11.1 Å². The quantitative estimate of drug-likeness (QED) is 0.645. The molecule has 0 aliphatic carbocycles. The minimum Gasteiger partial charge on any atom is -0.385 e. The van der Waals surface area contributed by atoms with Gasteiger partial charge in [-0.05, 0) is 25.7 Å². The maximum atomic E-state index is 11.7. The summed E-state index contributed by atoms with van der Waals surface area (Å²) in [5.74, 6) is -0.00432. The number of carbonyl (C=O) groups excluding carboxylic acids is 1. The van der Waals surface area contributed by atoms with E-state index in [1.807, 2.05) is 6.92 Å². The fourth-order valence-electron chi connectivity index (χ4n) is 2.23. The Hall–Kier alpha value is -0.650. The Labute approximate surface area is 110 Å². The van der Waals surface area contributed by atoms with Gasteiger partial charge >= 0.3 is 0 Å². The molecular formula is C13H27N3O2. The molecule has 1 rings (SSSR count). The number of rotatable bonds is 7. The fraction of sp³-hybridized carbons (Fsp3) is 0.923. The van der Waals surface area contributed by atoms with Gasteiger partial charge in [0.2, 0.25) is 5.91 Å². The molecule has 0 spiro atoms. The van der Waals surface area contributed by atoms with E-state index in [0.29, 0.717) is 12.5 Å². The third kappa shape index (κ3) is 5.33. The van der Waals surface area contributed by atoms with E-state index in [0.717, 1.165) is 45.5 Å². The van der Waals surface area contributed by atoms with Crippen LogP contribution in [0.3, 0.4) is 0 Å². The molecule has 1 aliphatic heterocycles. The van der Waals surface area contributed by atoms with Crippen molar-refractivity contribution >= 4 is 5.91 Å². The normalized spacial score (nSPS) is 19.7. The van der Waals surface area contributed by atoms with Gasteiger partial charge in [0.1, 0.15) is 0 Å². The Kier molecular flexibility index (Phi) is 7.23. The number of amides is 1. The number of likely N-dealkylation sites (tertiary alicyclic amines) is 1. The Morgan fingerprint density at radius 3 is 2.72 bits per heavy atom. The van der Waals surface area contributed by atoms with Crippen LogP contribution in [-0.2, 0) is 9.53 Å². The van der Waals surface area contributed by atoms with Crippen molar-refractivity contribution in [3.05, 3.63) is 0 Å². The van der Waals surface area contributed by atoms with Gasteiger partial charge < -0.3 is 20.7 Å². The smallest absolute Gasteiger partial charge is 0.237 e. The zero-order valence-corrected chi connectivity index (χ0v) is 11.7. The summed E-state index contributed by atoms with van der Waals surface area (Å²) in [5, 5.41) is 3.04. The van der Waals surface area contributed by atoms with E-state index in [9.17, 15) is 4.79 Å². The monoisotopic (exact) mass is 257 g/mol. The molecule has 1 heterocycles. The van der Waals surface area contributed by atoms with Crippen LogP contribution in [0.2, 0.25) is 0 Å². The van der Waals surface area contributed by atoms with E-state index < -0.39 is 0 Å². The molecule has 1 aliphatic rings. The van der Waals surface area contributed by atoms with Crippen molar-refractivity contribution in [1.82, 2.24) is 10.2 Å². The number of hydrogen-bond acceptors (Lipinski definition) is 4. The van der Waals surface area contributed by atoms with Crippen molar-refractivity contribution in [3.63, 3.8) is 0 Å². The van der Waals surface area contributed by atoms with E-state index in [4.69, 9.17) is 10.5 Å². The maximum Gasteiger partial charge on any atom is 0.237 e. The van der Waals surface area contributed by atoms with Gasteiger partial charge in [-0.2, -0.15) is 0 Å². The second kappa shape index (κ2) is 8.45. The van der Waals surface area contributed by atoms with Crippen molar-refractivity contribution in [2.24, 2.45) is 5.73 Å². The van der Waals surface area contributed by atoms with Gasteiger partial charge in [-0.25, -0.2) is 0 Å². The summed E-state index contributed by atoms with van der Waals surface area (Å²) in [4.78, 5) is 14.1. The molecule has 0 saturated carbocycles. The minimum atomic E-state index is -0.357. The number of nitrogens with zero attached hydrogens (tertiary/aromatic N) is 1. The Bertz CT molecular complexity index is 240. The standard InChI is InChI=1S/C13H27N3O2/c1-3-12(14)13(17)15-11-5-8-16(9-6-11)7-4-10-18-2/h11-12H,3-10,14H2,1-2H3,(H,15,17)/t12-/m0/s1. The average molecular weight is 257 g/mol. The summed E-state index contributed by atoms with van der Waals surface area (Å²) in [6.45, 7) is 5.94. The van der Waals surface area contributed by atoms with Crippen LogP contribution in [0.25, 0.3) is 0 Å². The molecule has 106 valence electrons. The third-order valence-corrected chi connectivity index (χ3v) is 3.53. The molecule has 3 N–H and O–H groups in total. The lowest BCUT2D eigenvalue weighted by Gasteiger charge is -2.32. The molecule has 5 nitrogen and oxygen atoms in total. The molecule has 1 atom stereocenters. The average Bonchev–Trinajstić information content (AvgIpc) is 2.40. The highest BCUT2D eigenvalue weighted by Crippen LogP contribution is 2.10. The van der Waals surface area contributed by atoms with Crippen LogP contribution in [0.15, 0.2) is 0 Å². The lowest BCUT2D eigenvalue weighted by atomic mass is 10.0. The summed E-state index contributed by atoms with van der Waals surface area (Å²) in [5.41, 5.74) is 5.71. The summed E-state index contributed by atoms with van der Waals surface area (Å²) in [7, 11) is 1.73. The molecule has 18 heavy (non-hydrogen) atoms. The summed E-state index contributed by atoms with van der Waals surface area (Å²) in [6, 6.07) is -0.0569. The number of nitrogens with one attached hydrogen (secondary N) is 1. The number of methoxy groups -OCH3 is 1. The molecule has 0 aromatic carbocycles. The van der Waals surface area contributed by atoms with Crippen molar-refractivity contribution in [2.75, 3.05) is 33.4 Å². The highest BCUT2D eigenvalue weighted by atomic mass is 16.5. The second-order valence-corrected chi connectivity index (χ2v) is 4.99. The topological polar surface area (TPSA) is 67.6 Å². The molecule has 0 aromatic rings. The first-order chi connectivity index (χ1) is 8.67. The number of piperidine rings is 1. The third-order valence-electron chi connectivity index (χ3n) is 3.53. The van der Waals surface area contributed by atoms with E-state index in [-0.39, 0.29) is 11.9 Å². The Balaban J connectivity index is 2.17. The number of hydrogen-bond donors (Lipinski definition) is 2. The van der Waals surface area contributed by atoms with Crippen LogP contribution >= 0.6 is 0 Å². The SMILES string of the molecule is CC[C@H](N)C(=O)NC1CCN(CCCOC)CC1. The highest BCUT2D eigenvalue weighted by Gasteiger charge is 2.21. The van der Waals surface area contributed by atoms with Crippen molar-refractivity contribution in [2.45, 2.75) is 44.7 Å². The molecule has 1 amide bonds. The lowest BCUT2D eigenvalue weighted by Crippen LogP contribution is -2.49. The van der Waals surface area contributed by atoms with E-state index in [2.05, 4.69) is 10.2 Å². The molecule has 0 radical (unpaired) electrons. The zero-order chi connectivity index (χ0) is 13.4. The number of ether oxygens (including phenoxy) is 1. The number of carbonyl (C=O) groups is 1. The zero-order valence-electron chi connectivity index (χ0n) is 11.7. The highest BCUT2D eigenvalue weighted by molar-refractivity contribution is 5.81. The Morgan fingerprint density at radius 1 is 1.50 bits per heavy atom. The molecule has 5 heteroatoms. The van der Waals surface area contributed by atoms with Gasteiger partial charge in [0, 0.05) is 39.4 Å². The van der Waals surface area contributed by atoms with Crippen LogP contribution in [0.1, 0.15) is 32.6 Å². The van der Waals surface area contributed by atoms with Crippen LogP contribution in [-0.4, -0.2) is 56.2 Å². The maximum absolute atomic E-state index is 11.7. The van der Waals surface area contributed by atoms with Crippen molar-refractivity contribution < 1.29 is 9.53 Å². The lowest BCUT2D eigenvalue weighted by molar-refractivity contribution is -0.123. The van der Waals surface area contributed by atoms with Crippen LogP contribution in [0.4, 0.5) is 0 Å². The Morgan fingerprint density at radius 2 is 2.17 bits per heavy atom. The van der Waals surface area contributed by atoms with E-state index in [1.165, 1.54) is 0 Å². The first-order valence-corrected chi connectivity index (χ1v) is 6.94. The summed E-state index contributed by atoms with van der Waals surface area (Å²) in [6.07, 6.45) is 3.82. The van der Waals surface area contributed by atoms with Gasteiger partial charge in [0.05, 0.1) is 6.04 Å². The molecule has 1 fully saturated rings. The first-order valence-electron chi connectivity index (χ1n) is 6.94. The van der Waals surface area contributed by atoms with Crippen LogP contribution in [0, 0.1) is 0 Å². The second-order valence-electron chi connectivity index (χ2n) is 4.99. The predicted octanol–water partition coefficient (Wildman–Crippen LogP) is 0.341. The molecule has 0 bridgehead atoms. The summed E-state index contributed by atoms with van der Waals surface area (Å²) >= 11 is 0. The number of nitrogens with two attached hydrogens (primary N) is 1. The fourth-order valence-corrected chi connectivity index (χ4v) is 2.23. The van der Waals surface area contributed by atoms with E-state index in [1.54, 1.807) is 7.11 Å². The largest absolute Gasteiger partial charge is 0.385 e.